The molecule has 5 heteroatoms. The van der Waals surface area contributed by atoms with E-state index in [4.69, 9.17) is 4.98 Å². The highest BCUT2D eigenvalue weighted by molar-refractivity contribution is 6.11. The first kappa shape index (κ1) is 39.8. The van der Waals surface area contributed by atoms with E-state index < -0.39 is 0 Å². The molecule has 3 aromatic heterocycles. The number of rotatable bonds is 9. The molecule has 9 aromatic carbocycles. The Morgan fingerprint density at radius 2 is 0.940 bits per heavy atom. The van der Waals surface area contributed by atoms with Gasteiger partial charge in [0, 0.05) is 52.0 Å². The van der Waals surface area contributed by atoms with Gasteiger partial charge in [-0.25, -0.2) is 4.98 Å². The molecule has 0 amide bonds. The normalized spacial score (nSPS) is 11.4. The Balaban J connectivity index is 1.13. The quantitative estimate of drug-likeness (QED) is 0.135. The van der Waals surface area contributed by atoms with Crippen molar-refractivity contribution >= 4 is 49.9 Å². The summed E-state index contributed by atoms with van der Waals surface area (Å²) in [6, 6.07) is 82.9. The van der Waals surface area contributed by atoms with Gasteiger partial charge in [-0.1, -0.05) is 158 Å². The predicted octanol–water partition coefficient (Wildman–Crippen LogP) is 16.3. The van der Waals surface area contributed by atoms with Gasteiger partial charge in [0.1, 0.15) is 17.2 Å². The molecule has 12 aromatic rings. The van der Waals surface area contributed by atoms with Crippen LogP contribution in [0.1, 0.15) is 11.1 Å². The van der Waals surface area contributed by atoms with E-state index >= 15 is 0 Å². The monoisotopic (exact) mass is 860 g/mol. The fraction of sp³-hybridized carbons (Fsp3) is 0.0323. The molecule has 0 radical (unpaired) electrons. The summed E-state index contributed by atoms with van der Waals surface area (Å²) in [5, 5.41) is 2.34. The number of aryl methyl sites for hydroxylation is 2. The molecular weight excluding hydrogens is 815 g/mol. The lowest BCUT2D eigenvalue weighted by Gasteiger charge is -2.30. The van der Waals surface area contributed by atoms with Crippen molar-refractivity contribution in [2.45, 2.75) is 13.8 Å². The number of fused-ring (bicyclic) bond motifs is 4. The fourth-order valence-electron chi connectivity index (χ4n) is 10.1. The van der Waals surface area contributed by atoms with E-state index in [0.717, 1.165) is 89.5 Å². The molecule has 318 valence electrons. The Hall–Kier alpha value is -8.80. The zero-order chi connectivity index (χ0) is 44.8. The van der Waals surface area contributed by atoms with Crippen LogP contribution < -0.4 is 4.90 Å². The van der Waals surface area contributed by atoms with E-state index in [9.17, 15) is 0 Å². The molecule has 0 aliphatic heterocycles. The van der Waals surface area contributed by atoms with E-state index in [-0.39, 0.29) is 0 Å². The largest absolute Gasteiger partial charge is 0.308 e. The molecule has 0 aliphatic carbocycles. The van der Waals surface area contributed by atoms with Crippen molar-refractivity contribution < 1.29 is 0 Å². The smallest absolute Gasteiger partial charge is 0.168 e. The zero-order valence-electron chi connectivity index (χ0n) is 37.3. The Kier molecular flexibility index (Phi) is 9.88. The van der Waals surface area contributed by atoms with Crippen LogP contribution in [0.5, 0.6) is 0 Å². The third-order valence-electron chi connectivity index (χ3n) is 13.1. The number of pyridine rings is 1. The van der Waals surface area contributed by atoms with Gasteiger partial charge in [0.05, 0.1) is 22.4 Å². The van der Waals surface area contributed by atoms with Gasteiger partial charge >= 0.3 is 0 Å². The molecule has 5 nitrogen and oxygen atoms in total. The molecule has 0 spiro atoms. The lowest BCUT2D eigenvalue weighted by Crippen LogP contribution is -2.13. The average molecular weight is 861 g/mol. The van der Waals surface area contributed by atoms with Crippen molar-refractivity contribution in [2.24, 2.45) is 0 Å². The van der Waals surface area contributed by atoms with Crippen LogP contribution in [0.4, 0.5) is 17.1 Å². The molecule has 0 N–H and O–H groups in total. The first-order valence-corrected chi connectivity index (χ1v) is 22.9. The minimum atomic E-state index is 0.873. The Morgan fingerprint density at radius 1 is 0.403 bits per heavy atom. The molecule has 0 atom stereocenters. The van der Waals surface area contributed by atoms with Crippen molar-refractivity contribution in [3.63, 3.8) is 0 Å². The standard InChI is InChI=1S/C62H46N5/c1-43-19-16-20-44(2)61(43)47-37-38-63-60(39-47)67-56-32-13-12-29-54(56)55-36-35-51(41-59(55)67)66(62-52(45-21-6-3-7-22-45)30-18-31-53(62)46-23-8-4-9-24-46)50-28-17-27-49(40-50)65-42-64(48-25-10-5-11-26-48)57-33-14-15-34-58(57)65/h3-42H,1-2H3/q+1. The van der Waals surface area contributed by atoms with Gasteiger partial charge in [0.2, 0.25) is 0 Å². The molecule has 0 saturated carbocycles. The number of para-hydroxylation sites is 5. The number of hydrogen-bond donors (Lipinski definition) is 0. The van der Waals surface area contributed by atoms with Gasteiger partial charge in [-0.2, -0.15) is 9.13 Å². The van der Waals surface area contributed by atoms with E-state index in [1.54, 1.807) is 0 Å². The van der Waals surface area contributed by atoms with E-state index in [2.05, 4.69) is 269 Å². The second kappa shape index (κ2) is 16.6. The zero-order valence-corrected chi connectivity index (χ0v) is 37.3. The van der Waals surface area contributed by atoms with Crippen LogP contribution in [0.25, 0.3) is 83.4 Å². The van der Waals surface area contributed by atoms with Crippen LogP contribution in [0.15, 0.2) is 243 Å². The molecule has 0 fully saturated rings. The molecule has 0 aliphatic rings. The SMILES string of the molecule is Cc1cccc(C)c1-c1ccnc(-n2c3ccccc3c3ccc(N(c4cccc(-n5[cH+]n(-c6ccccc6)c6ccccc65)c4)c4c(-c5ccccc5)cccc4-c4ccccc4)cc32)c1. The molecule has 0 unspecified atom stereocenters. The fourth-order valence-corrected chi connectivity index (χ4v) is 10.1. The maximum absolute atomic E-state index is 5.10. The van der Waals surface area contributed by atoms with Crippen LogP contribution >= 0.6 is 0 Å². The van der Waals surface area contributed by atoms with Crippen LogP contribution in [0.3, 0.4) is 0 Å². The first-order valence-electron chi connectivity index (χ1n) is 22.9. The van der Waals surface area contributed by atoms with E-state index in [0.29, 0.717) is 0 Å². The number of nitrogens with zero attached hydrogens (tertiary/aromatic N) is 5. The summed E-state index contributed by atoms with van der Waals surface area (Å²) in [5.41, 5.74) is 19.1. The van der Waals surface area contributed by atoms with Crippen LogP contribution in [0, 0.1) is 13.8 Å². The summed E-state index contributed by atoms with van der Waals surface area (Å²) >= 11 is 0. The minimum absolute atomic E-state index is 0.873. The lowest BCUT2D eigenvalue weighted by molar-refractivity contribution is 1.01. The second-order valence-electron chi connectivity index (χ2n) is 17.2. The molecule has 12 rings (SSSR count). The highest BCUT2D eigenvalue weighted by Gasteiger charge is 2.26. The summed E-state index contributed by atoms with van der Waals surface area (Å²) in [6.07, 6.45) is 4.16. The summed E-state index contributed by atoms with van der Waals surface area (Å²) in [6.45, 7) is 4.38. The highest BCUT2D eigenvalue weighted by Crippen LogP contribution is 2.48. The molecule has 3 heterocycles. The molecule has 0 bridgehead atoms. The lowest BCUT2D eigenvalue weighted by atomic mass is 9.94. The third kappa shape index (κ3) is 6.96. The third-order valence-corrected chi connectivity index (χ3v) is 13.1. The minimum Gasteiger partial charge on any atom is -0.308 e. The van der Waals surface area contributed by atoms with Gasteiger partial charge in [0.15, 0.2) is 17.4 Å². The van der Waals surface area contributed by atoms with Gasteiger partial charge in [-0.15, -0.1) is 0 Å². The Labute approximate surface area is 390 Å². The van der Waals surface area contributed by atoms with Crippen LogP contribution in [0.2, 0.25) is 0 Å². The molecule has 67 heavy (non-hydrogen) atoms. The van der Waals surface area contributed by atoms with Gasteiger partial charge < -0.3 is 4.90 Å². The predicted molar refractivity (Wildman–Crippen MR) is 280 cm³/mol. The van der Waals surface area contributed by atoms with Gasteiger partial charge in [-0.05, 0) is 102 Å². The summed E-state index contributed by atoms with van der Waals surface area (Å²) in [4.78, 5) is 7.57. The van der Waals surface area contributed by atoms with Crippen molar-refractivity contribution in [1.29, 1.82) is 0 Å². The number of hydrogen-bond acceptors (Lipinski definition) is 2. The second-order valence-corrected chi connectivity index (χ2v) is 17.2. The van der Waals surface area contributed by atoms with Gasteiger partial charge in [-0.3, -0.25) is 4.57 Å². The highest BCUT2D eigenvalue weighted by atomic mass is 15.2. The topological polar surface area (TPSA) is 30.9 Å². The van der Waals surface area contributed by atoms with Crippen LogP contribution in [-0.4, -0.2) is 18.7 Å². The van der Waals surface area contributed by atoms with Crippen molar-refractivity contribution in [3.05, 3.63) is 254 Å². The maximum Gasteiger partial charge on any atom is 0.168 e. The number of imidazole rings is 1. The van der Waals surface area contributed by atoms with Gasteiger partial charge in [0.25, 0.3) is 0 Å². The Bertz CT molecular complexity index is 3700. The number of benzene rings is 9. The Morgan fingerprint density at radius 3 is 1.63 bits per heavy atom. The van der Waals surface area contributed by atoms with Crippen molar-refractivity contribution in [2.75, 3.05) is 4.90 Å². The van der Waals surface area contributed by atoms with Crippen LogP contribution in [-0.2, 0) is 0 Å². The summed E-state index contributed by atoms with van der Waals surface area (Å²) < 4.78 is 6.92. The average Bonchev–Trinajstić information content (AvgIpc) is 3.94. The summed E-state index contributed by atoms with van der Waals surface area (Å²) in [7, 11) is 0. The number of anilines is 3. The van der Waals surface area contributed by atoms with E-state index in [1.807, 2.05) is 6.20 Å². The van der Waals surface area contributed by atoms with Crippen molar-refractivity contribution in [1.82, 2.24) is 18.7 Å². The molecule has 0 saturated heterocycles. The maximum atomic E-state index is 5.10. The molecular formula is C62H46N5+. The van der Waals surface area contributed by atoms with Crippen molar-refractivity contribution in [3.8, 4) is 50.6 Å². The first-order chi connectivity index (χ1) is 33.1. The number of aromatic nitrogens is 4. The summed E-state index contributed by atoms with van der Waals surface area (Å²) in [5.74, 6) is 0.873. The van der Waals surface area contributed by atoms with E-state index in [1.165, 1.54) is 22.1 Å².